The first-order chi connectivity index (χ1) is 11.2. The quantitative estimate of drug-likeness (QED) is 0.759. The summed E-state index contributed by atoms with van der Waals surface area (Å²) < 4.78 is 0. The average Bonchev–Trinajstić information content (AvgIpc) is 3.04. The van der Waals surface area contributed by atoms with Crippen LogP contribution in [-0.4, -0.2) is 26.1 Å². The molecule has 3 rings (SSSR count). The van der Waals surface area contributed by atoms with Gasteiger partial charge in [0, 0.05) is 12.6 Å². The van der Waals surface area contributed by atoms with E-state index in [4.69, 9.17) is 0 Å². The first kappa shape index (κ1) is 14.9. The van der Waals surface area contributed by atoms with Gasteiger partial charge in [0.15, 0.2) is 5.82 Å². The molecule has 6 nitrogen and oxygen atoms in total. The molecule has 0 aliphatic heterocycles. The smallest absolute Gasteiger partial charge is 0.249 e. The first-order valence-corrected chi connectivity index (χ1v) is 7.41. The van der Waals surface area contributed by atoms with Gasteiger partial charge < -0.3 is 0 Å². The van der Waals surface area contributed by atoms with Crippen LogP contribution < -0.4 is 5.32 Å². The summed E-state index contributed by atoms with van der Waals surface area (Å²) in [5.41, 5.74) is 1.81. The van der Waals surface area contributed by atoms with E-state index in [0.717, 1.165) is 5.56 Å². The molecule has 0 saturated heterocycles. The lowest BCUT2D eigenvalue weighted by atomic mass is 9.98. The van der Waals surface area contributed by atoms with E-state index >= 15 is 0 Å². The highest BCUT2D eigenvalue weighted by atomic mass is 16.1. The summed E-state index contributed by atoms with van der Waals surface area (Å²) >= 11 is 0. The monoisotopic (exact) mass is 307 g/mol. The van der Waals surface area contributed by atoms with Crippen LogP contribution in [0.1, 0.15) is 24.8 Å². The minimum Gasteiger partial charge on any atom is -0.293 e. The maximum absolute atomic E-state index is 12.1. The maximum Gasteiger partial charge on any atom is 0.249 e. The van der Waals surface area contributed by atoms with Crippen LogP contribution in [0, 0.1) is 0 Å². The summed E-state index contributed by atoms with van der Waals surface area (Å²) in [5.74, 6) is 0.797. The Balaban J connectivity index is 1.61. The van der Waals surface area contributed by atoms with Gasteiger partial charge in [0.1, 0.15) is 5.69 Å². The molecule has 2 N–H and O–H groups in total. The third-order valence-corrected chi connectivity index (χ3v) is 3.50. The lowest BCUT2D eigenvalue weighted by Crippen LogP contribution is -2.15. The van der Waals surface area contributed by atoms with E-state index in [1.807, 2.05) is 55.5 Å². The summed E-state index contributed by atoms with van der Waals surface area (Å²) in [6.07, 6.45) is 2.05. The fraction of sp³-hybridized carbons (Fsp3) is 0.176. The SMILES string of the molecule is CC(CC(=O)Nc1n[nH]c(-c2ccccn2)n1)c1ccccc1. The Morgan fingerprint density at radius 2 is 1.96 bits per heavy atom. The van der Waals surface area contributed by atoms with Crippen molar-refractivity contribution in [1.29, 1.82) is 0 Å². The highest BCUT2D eigenvalue weighted by Gasteiger charge is 2.13. The number of nitrogens with zero attached hydrogens (tertiary/aromatic N) is 3. The second kappa shape index (κ2) is 6.83. The van der Waals surface area contributed by atoms with E-state index in [9.17, 15) is 4.79 Å². The zero-order valence-corrected chi connectivity index (χ0v) is 12.7. The van der Waals surface area contributed by atoms with E-state index in [1.165, 1.54) is 0 Å². The second-order valence-electron chi connectivity index (χ2n) is 5.29. The van der Waals surface area contributed by atoms with Crippen LogP contribution in [0.5, 0.6) is 0 Å². The molecule has 0 saturated carbocycles. The number of hydrogen-bond acceptors (Lipinski definition) is 4. The number of carbonyl (C=O) groups excluding carboxylic acids is 1. The van der Waals surface area contributed by atoms with Crippen LogP contribution in [0.25, 0.3) is 11.5 Å². The Kier molecular flexibility index (Phi) is 4.42. The van der Waals surface area contributed by atoms with Crippen molar-refractivity contribution >= 4 is 11.9 Å². The Morgan fingerprint density at radius 1 is 1.17 bits per heavy atom. The molecule has 0 bridgehead atoms. The predicted octanol–water partition coefficient (Wildman–Crippen LogP) is 3.00. The Bertz CT molecular complexity index is 770. The number of H-pyrrole nitrogens is 1. The number of aromatic nitrogens is 4. The largest absolute Gasteiger partial charge is 0.293 e. The van der Waals surface area contributed by atoms with Gasteiger partial charge in [-0.3, -0.25) is 20.2 Å². The van der Waals surface area contributed by atoms with Crippen LogP contribution in [0.15, 0.2) is 54.7 Å². The minimum absolute atomic E-state index is 0.118. The normalized spacial score (nSPS) is 11.9. The molecule has 1 aromatic carbocycles. The highest BCUT2D eigenvalue weighted by molar-refractivity contribution is 5.89. The van der Waals surface area contributed by atoms with Gasteiger partial charge in [-0.1, -0.05) is 43.3 Å². The van der Waals surface area contributed by atoms with E-state index in [1.54, 1.807) is 6.20 Å². The van der Waals surface area contributed by atoms with Crippen molar-refractivity contribution in [3.63, 3.8) is 0 Å². The second-order valence-corrected chi connectivity index (χ2v) is 5.29. The van der Waals surface area contributed by atoms with Gasteiger partial charge in [0.05, 0.1) is 0 Å². The molecule has 23 heavy (non-hydrogen) atoms. The van der Waals surface area contributed by atoms with Crippen molar-refractivity contribution < 1.29 is 4.79 Å². The van der Waals surface area contributed by atoms with Crippen molar-refractivity contribution in [1.82, 2.24) is 20.2 Å². The van der Waals surface area contributed by atoms with Gasteiger partial charge in [-0.25, -0.2) is 0 Å². The van der Waals surface area contributed by atoms with Gasteiger partial charge in [-0.15, -0.1) is 5.10 Å². The highest BCUT2D eigenvalue weighted by Crippen LogP contribution is 2.19. The van der Waals surface area contributed by atoms with Crippen LogP contribution in [0.2, 0.25) is 0 Å². The molecule has 1 unspecified atom stereocenters. The van der Waals surface area contributed by atoms with Crippen LogP contribution in [0.3, 0.4) is 0 Å². The molecule has 0 aliphatic carbocycles. The summed E-state index contributed by atoms with van der Waals surface area (Å²) in [7, 11) is 0. The maximum atomic E-state index is 12.1. The van der Waals surface area contributed by atoms with Crippen LogP contribution >= 0.6 is 0 Å². The molecular weight excluding hydrogens is 290 g/mol. The molecule has 6 heteroatoms. The third-order valence-electron chi connectivity index (χ3n) is 3.50. The topological polar surface area (TPSA) is 83.6 Å². The average molecular weight is 307 g/mol. The first-order valence-electron chi connectivity index (χ1n) is 7.41. The molecule has 0 fully saturated rings. The lowest BCUT2D eigenvalue weighted by molar-refractivity contribution is -0.116. The molecule has 3 aromatic rings. The van der Waals surface area contributed by atoms with E-state index in [2.05, 4.69) is 25.5 Å². The molecule has 116 valence electrons. The predicted molar refractivity (Wildman–Crippen MR) is 87.7 cm³/mol. The zero-order chi connectivity index (χ0) is 16.1. The summed E-state index contributed by atoms with van der Waals surface area (Å²) in [4.78, 5) is 20.5. The number of carbonyl (C=O) groups is 1. The fourth-order valence-electron chi connectivity index (χ4n) is 2.29. The van der Waals surface area contributed by atoms with Crippen molar-refractivity contribution in [2.24, 2.45) is 0 Å². The molecule has 0 aliphatic rings. The number of rotatable bonds is 5. The summed E-state index contributed by atoms with van der Waals surface area (Å²) in [6.45, 7) is 2.02. The number of benzene rings is 1. The Labute approximate surface area is 134 Å². The number of amides is 1. The lowest BCUT2D eigenvalue weighted by Gasteiger charge is -2.10. The molecule has 0 spiro atoms. The van der Waals surface area contributed by atoms with Gasteiger partial charge in [0.25, 0.3) is 0 Å². The fourth-order valence-corrected chi connectivity index (χ4v) is 2.29. The van der Waals surface area contributed by atoms with Crippen LogP contribution in [0.4, 0.5) is 5.95 Å². The molecule has 2 aromatic heterocycles. The molecule has 0 radical (unpaired) electrons. The molecule has 2 heterocycles. The van der Waals surface area contributed by atoms with Crippen molar-refractivity contribution in [3.8, 4) is 11.5 Å². The molecule has 1 amide bonds. The minimum atomic E-state index is -0.118. The van der Waals surface area contributed by atoms with E-state index < -0.39 is 0 Å². The number of hydrogen-bond donors (Lipinski definition) is 2. The standard InChI is InChI=1S/C17H17N5O/c1-12(13-7-3-2-4-8-13)11-15(23)19-17-20-16(21-22-17)14-9-5-6-10-18-14/h2-10,12H,11H2,1H3,(H2,19,20,21,22,23). The van der Waals surface area contributed by atoms with Gasteiger partial charge >= 0.3 is 0 Å². The Morgan fingerprint density at radius 3 is 2.70 bits per heavy atom. The zero-order valence-electron chi connectivity index (χ0n) is 12.7. The van der Waals surface area contributed by atoms with Gasteiger partial charge in [-0.05, 0) is 23.6 Å². The number of pyridine rings is 1. The van der Waals surface area contributed by atoms with Crippen molar-refractivity contribution in [3.05, 3.63) is 60.3 Å². The summed E-state index contributed by atoms with van der Waals surface area (Å²) in [5, 5.41) is 9.49. The van der Waals surface area contributed by atoms with Gasteiger partial charge in [0.2, 0.25) is 11.9 Å². The third kappa shape index (κ3) is 3.79. The number of anilines is 1. The van der Waals surface area contributed by atoms with Crippen molar-refractivity contribution in [2.45, 2.75) is 19.3 Å². The Hall–Kier alpha value is -3.02. The number of aromatic amines is 1. The van der Waals surface area contributed by atoms with Crippen LogP contribution in [-0.2, 0) is 4.79 Å². The van der Waals surface area contributed by atoms with E-state index in [-0.39, 0.29) is 17.8 Å². The van der Waals surface area contributed by atoms with Crippen molar-refractivity contribution in [2.75, 3.05) is 5.32 Å². The summed E-state index contributed by atoms with van der Waals surface area (Å²) in [6, 6.07) is 15.5. The molecular formula is C17H17N5O. The van der Waals surface area contributed by atoms with E-state index in [0.29, 0.717) is 17.9 Å². The number of nitrogens with one attached hydrogen (secondary N) is 2. The van der Waals surface area contributed by atoms with Gasteiger partial charge in [-0.2, -0.15) is 4.98 Å². The molecule has 1 atom stereocenters.